The normalized spacial score (nSPS) is 11.8. The maximum absolute atomic E-state index is 12.8. The van der Waals surface area contributed by atoms with Crippen molar-refractivity contribution < 1.29 is 0 Å². The van der Waals surface area contributed by atoms with Crippen LogP contribution in [0, 0.1) is 11.3 Å². The quantitative estimate of drug-likeness (QED) is 0.482. The van der Waals surface area contributed by atoms with Crippen LogP contribution in [-0.2, 0) is 5.41 Å². The second kappa shape index (κ2) is 6.42. The molecular weight excluding hydrogens is 376 g/mol. The molecule has 5 rings (SSSR count). The number of imidazole rings is 1. The molecule has 0 spiro atoms. The molecule has 0 bridgehead atoms. The molecule has 3 aromatic heterocycles. The Morgan fingerprint density at radius 3 is 2.57 bits per heavy atom. The summed E-state index contributed by atoms with van der Waals surface area (Å²) in [6.45, 7) is 3.74. The summed E-state index contributed by atoms with van der Waals surface area (Å²) in [5.74, 6) is 0. The number of hydrogen-bond acceptors (Lipinski definition) is 4. The predicted octanol–water partition coefficient (Wildman–Crippen LogP) is 4.06. The number of pyridine rings is 1. The lowest BCUT2D eigenvalue weighted by Crippen LogP contribution is -2.16. The van der Waals surface area contributed by atoms with E-state index in [1.165, 1.54) is 0 Å². The van der Waals surface area contributed by atoms with Crippen molar-refractivity contribution in [1.82, 2.24) is 24.7 Å². The fraction of sp³-hybridized carbons (Fsp3) is 0.130. The number of fused-ring (bicyclic) bond motifs is 3. The highest BCUT2D eigenvalue weighted by Gasteiger charge is 2.20. The van der Waals surface area contributed by atoms with Gasteiger partial charge in [0.15, 0.2) is 0 Å². The molecule has 0 saturated carbocycles. The summed E-state index contributed by atoms with van der Waals surface area (Å²) in [6, 6.07) is 15.8. The number of nitrogens with zero attached hydrogens (tertiary/aromatic N) is 4. The van der Waals surface area contributed by atoms with E-state index < -0.39 is 5.41 Å². The molecule has 0 fully saturated rings. The van der Waals surface area contributed by atoms with E-state index in [-0.39, 0.29) is 5.69 Å². The van der Waals surface area contributed by atoms with Crippen LogP contribution in [0.3, 0.4) is 0 Å². The molecule has 0 atom stereocenters. The Morgan fingerprint density at radius 2 is 1.87 bits per heavy atom. The summed E-state index contributed by atoms with van der Waals surface area (Å²) < 4.78 is 1.65. The average Bonchev–Trinajstić information content (AvgIpc) is 3.41. The van der Waals surface area contributed by atoms with Gasteiger partial charge in [-0.2, -0.15) is 10.4 Å². The van der Waals surface area contributed by atoms with Crippen molar-refractivity contribution in [2.45, 2.75) is 19.3 Å². The van der Waals surface area contributed by atoms with Crippen LogP contribution in [0.15, 0.2) is 65.8 Å². The van der Waals surface area contributed by atoms with Gasteiger partial charge in [0.05, 0.1) is 46.1 Å². The first kappa shape index (κ1) is 17.9. The number of nitrogens with one attached hydrogen (secondary N) is 2. The van der Waals surface area contributed by atoms with Crippen molar-refractivity contribution in [3.63, 3.8) is 0 Å². The molecule has 2 aromatic carbocycles. The van der Waals surface area contributed by atoms with Crippen molar-refractivity contribution in [3.8, 4) is 22.9 Å². The minimum atomic E-state index is -0.597. The van der Waals surface area contributed by atoms with Crippen LogP contribution in [0.4, 0.5) is 0 Å². The molecule has 0 saturated heterocycles. The van der Waals surface area contributed by atoms with Crippen molar-refractivity contribution in [2.75, 3.05) is 0 Å². The van der Waals surface area contributed by atoms with E-state index in [1.54, 1.807) is 17.0 Å². The number of aromatic amines is 2. The minimum absolute atomic E-state index is 0.236. The van der Waals surface area contributed by atoms with E-state index in [0.717, 1.165) is 38.8 Å². The molecule has 0 aliphatic carbocycles. The second-order valence-electron chi connectivity index (χ2n) is 7.79. The number of H-pyrrole nitrogens is 2. The Hall–Kier alpha value is -4.18. The SMILES string of the molecule is CC(C)(C#N)c1ccc(-n2c(=O)[nH]c3cnc4ccc(-c5cn[nH]c5)cc4c32)cc1. The van der Waals surface area contributed by atoms with Crippen LogP contribution in [-0.4, -0.2) is 24.7 Å². The van der Waals surface area contributed by atoms with Gasteiger partial charge in [-0.3, -0.25) is 14.6 Å². The number of hydrogen-bond donors (Lipinski definition) is 2. The van der Waals surface area contributed by atoms with Crippen LogP contribution >= 0.6 is 0 Å². The molecule has 146 valence electrons. The predicted molar refractivity (Wildman–Crippen MR) is 115 cm³/mol. The van der Waals surface area contributed by atoms with Crippen LogP contribution in [0.5, 0.6) is 0 Å². The van der Waals surface area contributed by atoms with Crippen molar-refractivity contribution in [3.05, 3.63) is 77.1 Å². The fourth-order valence-electron chi connectivity index (χ4n) is 3.71. The summed E-state index contributed by atoms with van der Waals surface area (Å²) in [5.41, 5.74) is 4.96. The third-order valence-corrected chi connectivity index (χ3v) is 5.47. The highest BCUT2D eigenvalue weighted by Crippen LogP contribution is 2.29. The largest absolute Gasteiger partial charge is 0.331 e. The molecule has 7 nitrogen and oxygen atoms in total. The molecule has 0 radical (unpaired) electrons. The van der Waals surface area contributed by atoms with E-state index in [2.05, 4.69) is 26.2 Å². The monoisotopic (exact) mass is 394 g/mol. The summed E-state index contributed by atoms with van der Waals surface area (Å²) >= 11 is 0. The van der Waals surface area contributed by atoms with Crippen LogP contribution < -0.4 is 5.69 Å². The van der Waals surface area contributed by atoms with Gasteiger partial charge in [-0.1, -0.05) is 18.2 Å². The second-order valence-corrected chi connectivity index (χ2v) is 7.79. The zero-order chi connectivity index (χ0) is 20.9. The molecule has 0 unspecified atom stereocenters. The van der Waals surface area contributed by atoms with Gasteiger partial charge < -0.3 is 4.98 Å². The molecule has 0 amide bonds. The molecule has 3 heterocycles. The van der Waals surface area contributed by atoms with E-state index in [9.17, 15) is 10.1 Å². The number of aromatic nitrogens is 5. The number of benzene rings is 2. The van der Waals surface area contributed by atoms with Gasteiger partial charge in [0.25, 0.3) is 0 Å². The van der Waals surface area contributed by atoms with Crippen LogP contribution in [0.2, 0.25) is 0 Å². The molecule has 5 aromatic rings. The average molecular weight is 394 g/mol. The van der Waals surface area contributed by atoms with Crippen molar-refractivity contribution in [2.24, 2.45) is 0 Å². The lowest BCUT2D eigenvalue weighted by molar-refractivity contribution is 0.686. The third kappa shape index (κ3) is 2.70. The van der Waals surface area contributed by atoms with E-state index in [1.807, 2.05) is 62.5 Å². The number of nitriles is 1. The van der Waals surface area contributed by atoms with Gasteiger partial charge in [0.2, 0.25) is 0 Å². The maximum Gasteiger partial charge on any atom is 0.331 e. The van der Waals surface area contributed by atoms with Crippen LogP contribution in [0.1, 0.15) is 19.4 Å². The van der Waals surface area contributed by atoms with Gasteiger partial charge in [-0.15, -0.1) is 0 Å². The third-order valence-electron chi connectivity index (χ3n) is 5.47. The van der Waals surface area contributed by atoms with E-state index in [0.29, 0.717) is 5.52 Å². The topological polar surface area (TPSA) is 103 Å². The molecule has 7 heteroatoms. The molecule has 0 aliphatic heterocycles. The Kier molecular flexibility index (Phi) is 3.83. The minimum Gasteiger partial charge on any atom is -0.304 e. The first-order valence-electron chi connectivity index (χ1n) is 9.53. The number of rotatable bonds is 3. The van der Waals surface area contributed by atoms with Crippen LogP contribution in [0.25, 0.3) is 38.8 Å². The summed E-state index contributed by atoms with van der Waals surface area (Å²) in [7, 11) is 0. The standard InChI is InChI=1S/C23H18N6O/c1-23(2,13-24)16-4-6-17(7-5-16)29-21-18-9-14(15-10-26-27-11-15)3-8-19(18)25-12-20(21)28-22(29)30/h3-12H,1-2H3,(H,26,27)(H,28,30). The summed E-state index contributed by atoms with van der Waals surface area (Å²) in [6.07, 6.45) is 5.27. The van der Waals surface area contributed by atoms with Gasteiger partial charge >= 0.3 is 5.69 Å². The molecular formula is C23H18N6O. The zero-order valence-electron chi connectivity index (χ0n) is 16.5. The van der Waals surface area contributed by atoms with Gasteiger partial charge in [-0.25, -0.2) is 4.79 Å². The van der Waals surface area contributed by atoms with Crippen molar-refractivity contribution in [1.29, 1.82) is 5.26 Å². The maximum atomic E-state index is 12.8. The Bertz CT molecular complexity index is 1480. The Morgan fingerprint density at radius 1 is 1.07 bits per heavy atom. The smallest absolute Gasteiger partial charge is 0.304 e. The van der Waals surface area contributed by atoms with Crippen molar-refractivity contribution >= 4 is 21.9 Å². The van der Waals surface area contributed by atoms with Gasteiger partial charge in [-0.05, 0) is 49.2 Å². The summed E-state index contributed by atoms with van der Waals surface area (Å²) in [4.78, 5) is 20.2. The molecule has 2 N–H and O–H groups in total. The Balaban J connectivity index is 1.76. The highest BCUT2D eigenvalue weighted by molar-refractivity contribution is 6.04. The van der Waals surface area contributed by atoms with E-state index >= 15 is 0 Å². The van der Waals surface area contributed by atoms with Gasteiger partial charge in [0.1, 0.15) is 0 Å². The first-order chi connectivity index (χ1) is 14.5. The lowest BCUT2D eigenvalue weighted by Gasteiger charge is -2.16. The Labute approximate surface area is 171 Å². The zero-order valence-corrected chi connectivity index (χ0v) is 16.5. The summed E-state index contributed by atoms with van der Waals surface area (Å²) in [5, 5.41) is 17.1. The first-order valence-corrected chi connectivity index (χ1v) is 9.53. The molecule has 0 aliphatic rings. The lowest BCUT2D eigenvalue weighted by atomic mass is 9.86. The van der Waals surface area contributed by atoms with E-state index in [4.69, 9.17) is 0 Å². The molecule has 30 heavy (non-hydrogen) atoms. The fourth-order valence-corrected chi connectivity index (χ4v) is 3.71. The highest BCUT2D eigenvalue weighted by atomic mass is 16.1. The van der Waals surface area contributed by atoms with Gasteiger partial charge in [0, 0.05) is 17.1 Å².